The number of benzene rings is 3. The fraction of sp³-hybridized carbons (Fsp3) is 0.355. The summed E-state index contributed by atoms with van der Waals surface area (Å²) >= 11 is 0. The Kier molecular flexibility index (Phi) is 9.41. The molecular formula is C31H35F3N4O. The first-order valence-corrected chi connectivity index (χ1v) is 13.5. The van der Waals surface area contributed by atoms with Crippen molar-refractivity contribution in [2.24, 2.45) is 4.99 Å². The number of amides is 1. The molecule has 0 atom stereocenters. The molecule has 0 bridgehead atoms. The second kappa shape index (κ2) is 12.9. The van der Waals surface area contributed by atoms with Gasteiger partial charge >= 0.3 is 6.18 Å². The highest BCUT2D eigenvalue weighted by Crippen LogP contribution is 2.36. The van der Waals surface area contributed by atoms with E-state index in [-0.39, 0.29) is 11.6 Å². The minimum Gasteiger partial charge on any atom is -0.354 e. The summed E-state index contributed by atoms with van der Waals surface area (Å²) in [5.41, 5.74) is 1.63. The Morgan fingerprint density at radius 3 is 2.03 bits per heavy atom. The lowest BCUT2D eigenvalue weighted by Gasteiger charge is -2.36. The summed E-state index contributed by atoms with van der Waals surface area (Å²) < 4.78 is 41.3. The summed E-state index contributed by atoms with van der Waals surface area (Å²) in [6.07, 6.45) is -3.57. The Morgan fingerprint density at radius 2 is 1.41 bits per heavy atom. The molecule has 0 saturated carbocycles. The van der Waals surface area contributed by atoms with Gasteiger partial charge in [-0.3, -0.25) is 9.69 Å². The average molecular weight is 537 g/mol. The molecule has 206 valence electrons. The van der Waals surface area contributed by atoms with Crippen LogP contribution in [0, 0.1) is 0 Å². The molecule has 1 aliphatic rings. The summed E-state index contributed by atoms with van der Waals surface area (Å²) in [5, 5.41) is 0. The Bertz CT molecular complexity index is 1250. The Hall–Kier alpha value is -3.65. The van der Waals surface area contributed by atoms with E-state index in [1.54, 1.807) is 35.2 Å². The van der Waals surface area contributed by atoms with E-state index in [0.29, 0.717) is 43.1 Å². The minimum absolute atomic E-state index is 0.0699. The van der Waals surface area contributed by atoms with Gasteiger partial charge in [0.1, 0.15) is 5.84 Å². The van der Waals surface area contributed by atoms with Gasteiger partial charge in [-0.05, 0) is 50.1 Å². The molecule has 39 heavy (non-hydrogen) atoms. The molecule has 1 aliphatic heterocycles. The van der Waals surface area contributed by atoms with Crippen LogP contribution >= 0.6 is 0 Å². The predicted octanol–water partition coefficient (Wildman–Crippen LogP) is 6.13. The van der Waals surface area contributed by atoms with Gasteiger partial charge in [-0.25, -0.2) is 4.99 Å². The van der Waals surface area contributed by atoms with Crippen LogP contribution in [0.2, 0.25) is 0 Å². The van der Waals surface area contributed by atoms with Crippen molar-refractivity contribution >= 4 is 17.4 Å². The fourth-order valence-corrected chi connectivity index (χ4v) is 4.81. The van der Waals surface area contributed by atoms with Gasteiger partial charge in [-0.15, -0.1) is 0 Å². The topological polar surface area (TPSA) is 39.2 Å². The van der Waals surface area contributed by atoms with Crippen molar-refractivity contribution in [1.29, 1.82) is 0 Å². The van der Waals surface area contributed by atoms with Crippen molar-refractivity contribution in [3.63, 3.8) is 0 Å². The number of halogens is 3. The monoisotopic (exact) mass is 536 g/mol. The van der Waals surface area contributed by atoms with Gasteiger partial charge in [-0.2, -0.15) is 13.2 Å². The Labute approximate surface area is 228 Å². The third-order valence-electron chi connectivity index (χ3n) is 7.11. The van der Waals surface area contributed by atoms with Gasteiger partial charge in [0, 0.05) is 56.9 Å². The van der Waals surface area contributed by atoms with Gasteiger partial charge in [0.15, 0.2) is 0 Å². The lowest BCUT2D eigenvalue weighted by atomic mass is 10.1. The molecule has 4 rings (SSSR count). The highest BCUT2D eigenvalue weighted by molar-refractivity contribution is 6.02. The van der Waals surface area contributed by atoms with E-state index in [9.17, 15) is 18.0 Å². The number of hydrogen-bond acceptors (Lipinski definition) is 3. The third kappa shape index (κ3) is 7.26. The van der Waals surface area contributed by atoms with E-state index < -0.39 is 11.7 Å². The van der Waals surface area contributed by atoms with Gasteiger partial charge in [0.2, 0.25) is 0 Å². The van der Waals surface area contributed by atoms with Crippen LogP contribution in [-0.2, 0) is 12.6 Å². The zero-order valence-electron chi connectivity index (χ0n) is 22.5. The van der Waals surface area contributed by atoms with Crippen LogP contribution in [0.15, 0.2) is 83.9 Å². The van der Waals surface area contributed by atoms with Crippen molar-refractivity contribution < 1.29 is 18.0 Å². The van der Waals surface area contributed by atoms with Crippen molar-refractivity contribution in [3.05, 3.63) is 101 Å². The normalized spacial score (nSPS) is 14.9. The molecule has 1 fully saturated rings. The van der Waals surface area contributed by atoms with Crippen LogP contribution < -0.4 is 0 Å². The van der Waals surface area contributed by atoms with Crippen LogP contribution in [0.3, 0.4) is 0 Å². The lowest BCUT2D eigenvalue weighted by molar-refractivity contribution is -0.137. The first-order valence-electron chi connectivity index (χ1n) is 13.5. The maximum atomic E-state index is 13.8. The molecule has 3 aromatic carbocycles. The zero-order chi connectivity index (χ0) is 27.8. The van der Waals surface area contributed by atoms with Gasteiger partial charge in [0.05, 0.1) is 11.3 Å². The quantitative estimate of drug-likeness (QED) is 0.257. The van der Waals surface area contributed by atoms with Crippen LogP contribution in [-0.4, -0.2) is 72.3 Å². The Morgan fingerprint density at radius 1 is 0.821 bits per heavy atom. The smallest absolute Gasteiger partial charge is 0.354 e. The highest BCUT2D eigenvalue weighted by Gasteiger charge is 2.33. The van der Waals surface area contributed by atoms with E-state index in [2.05, 4.69) is 22.0 Å². The van der Waals surface area contributed by atoms with E-state index in [1.807, 2.05) is 36.9 Å². The number of para-hydroxylation sites is 1. The maximum absolute atomic E-state index is 13.8. The molecule has 0 spiro atoms. The maximum Gasteiger partial charge on any atom is 0.418 e. The molecule has 0 radical (unpaired) electrons. The molecule has 0 aliphatic carbocycles. The number of nitrogens with zero attached hydrogens (tertiary/aromatic N) is 4. The number of amidine groups is 1. The van der Waals surface area contributed by atoms with Gasteiger partial charge in [-0.1, -0.05) is 54.6 Å². The van der Waals surface area contributed by atoms with Crippen molar-refractivity contribution in [2.45, 2.75) is 26.4 Å². The van der Waals surface area contributed by atoms with Crippen LogP contribution in [0.5, 0.6) is 0 Å². The summed E-state index contributed by atoms with van der Waals surface area (Å²) in [6, 6.07) is 22.8. The largest absolute Gasteiger partial charge is 0.418 e. The summed E-state index contributed by atoms with van der Waals surface area (Å²) in [5.74, 6) is 0.413. The molecule has 0 aromatic heterocycles. The summed E-state index contributed by atoms with van der Waals surface area (Å²) in [6.45, 7) is 8.83. The molecule has 1 amide bonds. The molecule has 5 nitrogen and oxygen atoms in total. The standard InChI is InChI=1S/C31H35F3N4O/c1-3-37(4-2)30(39)26-16-14-25(15-17-26)29(35-28-13-9-8-12-27(28)31(32,33)34)38-22-20-36(21-23-38)19-18-24-10-6-5-7-11-24/h5-17H,3-4,18-23H2,1-2H3/b35-29+. The molecule has 1 saturated heterocycles. The van der Waals surface area contributed by atoms with Crippen LogP contribution in [0.4, 0.5) is 18.9 Å². The lowest BCUT2D eigenvalue weighted by Crippen LogP contribution is -2.49. The molecule has 1 heterocycles. The molecule has 0 N–H and O–H groups in total. The second-order valence-corrected chi connectivity index (χ2v) is 9.57. The summed E-state index contributed by atoms with van der Waals surface area (Å²) in [7, 11) is 0. The second-order valence-electron chi connectivity index (χ2n) is 9.57. The number of piperazine rings is 1. The van der Waals surface area contributed by atoms with E-state index in [1.165, 1.54) is 17.7 Å². The number of carbonyl (C=O) groups excluding carboxylic acids is 1. The zero-order valence-corrected chi connectivity index (χ0v) is 22.5. The Balaban J connectivity index is 1.59. The minimum atomic E-state index is -4.51. The van der Waals surface area contributed by atoms with Crippen molar-refractivity contribution in [3.8, 4) is 0 Å². The molecule has 8 heteroatoms. The molecule has 3 aromatic rings. The van der Waals surface area contributed by atoms with Crippen LogP contribution in [0.25, 0.3) is 0 Å². The number of alkyl halides is 3. The number of aliphatic imine (C=N–C) groups is 1. The van der Waals surface area contributed by atoms with Crippen molar-refractivity contribution in [1.82, 2.24) is 14.7 Å². The molecule has 0 unspecified atom stereocenters. The fourth-order valence-electron chi connectivity index (χ4n) is 4.81. The molecular weight excluding hydrogens is 501 g/mol. The van der Waals surface area contributed by atoms with E-state index in [0.717, 1.165) is 32.1 Å². The average Bonchev–Trinajstić information content (AvgIpc) is 2.96. The first kappa shape index (κ1) is 28.4. The third-order valence-corrected chi connectivity index (χ3v) is 7.11. The summed E-state index contributed by atoms with van der Waals surface area (Å²) in [4.78, 5) is 23.5. The van der Waals surface area contributed by atoms with E-state index >= 15 is 0 Å². The van der Waals surface area contributed by atoms with Gasteiger partial charge < -0.3 is 9.80 Å². The predicted molar refractivity (Wildman–Crippen MR) is 149 cm³/mol. The van der Waals surface area contributed by atoms with Gasteiger partial charge in [0.25, 0.3) is 5.91 Å². The SMILES string of the molecule is CCN(CC)C(=O)c1ccc(/C(=N\c2ccccc2C(F)(F)F)N2CCN(CCc3ccccc3)CC2)cc1. The first-order chi connectivity index (χ1) is 18.8. The van der Waals surface area contributed by atoms with Crippen LogP contribution in [0.1, 0.15) is 40.9 Å². The number of rotatable bonds is 8. The highest BCUT2D eigenvalue weighted by atomic mass is 19.4. The number of hydrogen-bond donors (Lipinski definition) is 0. The van der Waals surface area contributed by atoms with Crippen molar-refractivity contribution in [2.75, 3.05) is 45.8 Å². The number of carbonyl (C=O) groups is 1. The van der Waals surface area contributed by atoms with E-state index in [4.69, 9.17) is 0 Å².